The van der Waals surface area contributed by atoms with Crippen LogP contribution in [0.15, 0.2) is 18.2 Å². The van der Waals surface area contributed by atoms with Crippen molar-refractivity contribution in [2.24, 2.45) is 5.73 Å². The second-order valence-electron chi connectivity index (χ2n) is 7.67. The number of carbonyl (C=O) groups is 1. The summed E-state index contributed by atoms with van der Waals surface area (Å²) in [5.41, 5.74) is 5.58. The molecular weight excluding hydrogens is 419 g/mol. The van der Waals surface area contributed by atoms with E-state index in [1.165, 1.54) is 12.1 Å². The van der Waals surface area contributed by atoms with Crippen molar-refractivity contribution < 1.29 is 31.5 Å². The molecule has 1 saturated heterocycles. The molecule has 10 heteroatoms. The lowest BCUT2D eigenvalue weighted by Crippen LogP contribution is -2.46. The highest BCUT2D eigenvalue weighted by molar-refractivity contribution is 5.85. The van der Waals surface area contributed by atoms with Crippen molar-refractivity contribution >= 4 is 18.3 Å². The van der Waals surface area contributed by atoms with Crippen molar-refractivity contribution in [2.45, 2.75) is 57.3 Å². The van der Waals surface area contributed by atoms with E-state index in [-0.39, 0.29) is 43.0 Å². The average Bonchev–Trinajstić information content (AvgIpc) is 2.70. The van der Waals surface area contributed by atoms with E-state index in [9.17, 15) is 26.7 Å². The molecule has 1 heterocycles. The van der Waals surface area contributed by atoms with Gasteiger partial charge >= 0.3 is 6.18 Å². The predicted molar refractivity (Wildman–Crippen MR) is 103 cm³/mol. The summed E-state index contributed by atoms with van der Waals surface area (Å²) in [6.07, 6.45) is -4.25. The number of nitrogens with two attached hydrogens (primary N) is 1. The van der Waals surface area contributed by atoms with Crippen LogP contribution in [0.3, 0.4) is 0 Å². The molecule has 1 aromatic carbocycles. The first-order chi connectivity index (χ1) is 12.7. The number of hydrogen-bond acceptors (Lipinski definition) is 3. The molecule has 0 unspecified atom stereocenters. The van der Waals surface area contributed by atoms with Gasteiger partial charge in [-0.2, -0.15) is 13.2 Å². The number of halogens is 6. The lowest BCUT2D eigenvalue weighted by atomic mass is 9.93. The summed E-state index contributed by atoms with van der Waals surface area (Å²) in [7, 11) is 1.71. The van der Waals surface area contributed by atoms with E-state index < -0.39 is 42.2 Å². The highest BCUT2D eigenvalue weighted by Gasteiger charge is 2.38. The molecule has 0 aromatic heterocycles. The molecule has 1 amide bonds. The lowest BCUT2D eigenvalue weighted by molar-refractivity contribution is -0.161. The standard InChI is InChI=1S/C14H15F5N2O.C5H12O.ClH/c15-10-3-1-2-9(12(10)16)8-4-5-11(20)13(22)21(6-8)7-14(17,18)19;1-5(2,3)6-4;/h1-3,8,11H,4-7,20H2;1-4H3;1H/t8-,11-;;/m1../s1. The number of alkyl halides is 3. The van der Waals surface area contributed by atoms with E-state index in [2.05, 4.69) is 0 Å². The quantitative estimate of drug-likeness (QED) is 0.684. The first kappa shape index (κ1) is 27.5. The second-order valence-corrected chi connectivity index (χ2v) is 7.67. The molecule has 1 aliphatic heterocycles. The van der Waals surface area contributed by atoms with Crippen molar-refractivity contribution in [3.8, 4) is 0 Å². The molecule has 2 atom stereocenters. The molecule has 29 heavy (non-hydrogen) atoms. The van der Waals surface area contributed by atoms with Gasteiger partial charge in [-0.3, -0.25) is 4.79 Å². The molecule has 0 aliphatic carbocycles. The molecule has 1 aliphatic rings. The predicted octanol–water partition coefficient (Wildman–Crippen LogP) is 4.41. The minimum Gasteiger partial charge on any atom is -0.379 e. The Morgan fingerprint density at radius 3 is 2.21 bits per heavy atom. The first-order valence-electron chi connectivity index (χ1n) is 8.85. The van der Waals surface area contributed by atoms with Crippen molar-refractivity contribution in [3.63, 3.8) is 0 Å². The number of methoxy groups -OCH3 is 1. The van der Waals surface area contributed by atoms with Gasteiger partial charge in [-0.15, -0.1) is 12.4 Å². The third kappa shape index (κ3) is 9.27. The van der Waals surface area contributed by atoms with Gasteiger partial charge in [0, 0.05) is 19.6 Å². The van der Waals surface area contributed by atoms with Gasteiger partial charge < -0.3 is 15.4 Å². The minimum atomic E-state index is -4.58. The Kier molecular flexibility index (Phi) is 10.5. The van der Waals surface area contributed by atoms with Crippen molar-refractivity contribution in [1.29, 1.82) is 0 Å². The highest BCUT2D eigenvalue weighted by Crippen LogP contribution is 2.31. The molecule has 2 rings (SSSR count). The topological polar surface area (TPSA) is 55.6 Å². The Hall–Kier alpha value is -1.45. The zero-order valence-electron chi connectivity index (χ0n) is 16.9. The van der Waals surface area contributed by atoms with Gasteiger partial charge in [0.15, 0.2) is 11.6 Å². The van der Waals surface area contributed by atoms with Gasteiger partial charge in [0.1, 0.15) is 6.54 Å². The number of likely N-dealkylation sites (tertiary alicyclic amines) is 1. The molecule has 168 valence electrons. The molecular formula is C19H28ClF5N2O2. The zero-order valence-corrected chi connectivity index (χ0v) is 17.7. The molecule has 1 fully saturated rings. The summed E-state index contributed by atoms with van der Waals surface area (Å²) in [6, 6.07) is 2.47. The Bertz CT molecular complexity index is 665. The number of carbonyl (C=O) groups excluding carboxylic acids is 1. The number of ether oxygens (including phenoxy) is 1. The van der Waals surface area contributed by atoms with Crippen LogP contribution in [-0.2, 0) is 9.53 Å². The molecule has 2 N–H and O–H groups in total. The Morgan fingerprint density at radius 1 is 1.17 bits per heavy atom. The van der Waals surface area contributed by atoms with Gasteiger partial charge in [-0.25, -0.2) is 8.78 Å². The molecule has 0 saturated carbocycles. The van der Waals surface area contributed by atoms with Crippen LogP contribution in [0.4, 0.5) is 22.0 Å². The number of benzene rings is 1. The minimum absolute atomic E-state index is 0. The number of nitrogens with zero attached hydrogens (tertiary/aromatic N) is 1. The third-order valence-corrected chi connectivity index (χ3v) is 4.30. The van der Waals surface area contributed by atoms with Gasteiger partial charge in [0.25, 0.3) is 0 Å². The zero-order chi connectivity index (χ0) is 21.7. The van der Waals surface area contributed by atoms with Crippen LogP contribution in [0.25, 0.3) is 0 Å². The van der Waals surface area contributed by atoms with E-state index in [0.29, 0.717) is 4.90 Å². The average molecular weight is 447 g/mol. The van der Waals surface area contributed by atoms with Gasteiger partial charge in [-0.1, -0.05) is 12.1 Å². The van der Waals surface area contributed by atoms with Crippen LogP contribution in [-0.4, -0.2) is 48.8 Å². The van der Waals surface area contributed by atoms with Crippen molar-refractivity contribution in [2.75, 3.05) is 20.2 Å². The van der Waals surface area contributed by atoms with Crippen LogP contribution < -0.4 is 5.73 Å². The fraction of sp³-hybridized carbons (Fsp3) is 0.632. The second kappa shape index (κ2) is 11.1. The molecule has 0 bridgehead atoms. The fourth-order valence-electron chi connectivity index (χ4n) is 2.63. The maximum atomic E-state index is 13.8. The third-order valence-electron chi connectivity index (χ3n) is 4.30. The van der Waals surface area contributed by atoms with Crippen molar-refractivity contribution in [3.05, 3.63) is 35.4 Å². The van der Waals surface area contributed by atoms with E-state index in [4.69, 9.17) is 10.5 Å². The van der Waals surface area contributed by atoms with E-state index in [1.54, 1.807) is 7.11 Å². The fourth-order valence-corrected chi connectivity index (χ4v) is 2.63. The van der Waals surface area contributed by atoms with Crippen LogP contribution in [0, 0.1) is 11.6 Å². The Balaban J connectivity index is 0.000000981. The SMILES string of the molecule is COC(C)(C)C.Cl.N[C@@H]1CC[C@@H](c2cccc(F)c2F)CN(CC(F)(F)F)C1=O. The molecule has 0 spiro atoms. The largest absolute Gasteiger partial charge is 0.406 e. The number of hydrogen-bond donors (Lipinski definition) is 1. The first-order valence-corrected chi connectivity index (χ1v) is 8.85. The number of rotatable bonds is 2. The van der Waals surface area contributed by atoms with E-state index in [1.807, 2.05) is 20.8 Å². The summed E-state index contributed by atoms with van der Waals surface area (Å²) in [5.74, 6) is -3.71. The Labute approximate surface area is 174 Å². The Morgan fingerprint density at radius 2 is 1.72 bits per heavy atom. The van der Waals surface area contributed by atoms with Crippen LogP contribution >= 0.6 is 12.4 Å². The van der Waals surface area contributed by atoms with Crippen LogP contribution in [0.5, 0.6) is 0 Å². The van der Waals surface area contributed by atoms with Crippen LogP contribution in [0.1, 0.15) is 45.1 Å². The normalized spacial score (nSPS) is 20.3. The molecule has 0 radical (unpaired) electrons. The maximum absolute atomic E-state index is 13.8. The summed E-state index contributed by atoms with van der Waals surface area (Å²) in [5, 5.41) is 0. The number of amides is 1. The summed E-state index contributed by atoms with van der Waals surface area (Å²) >= 11 is 0. The molecule has 4 nitrogen and oxygen atoms in total. The van der Waals surface area contributed by atoms with Crippen molar-refractivity contribution in [1.82, 2.24) is 4.90 Å². The summed E-state index contributed by atoms with van der Waals surface area (Å²) in [6.45, 7) is 4.27. The van der Waals surface area contributed by atoms with Gasteiger partial charge in [0.2, 0.25) is 5.91 Å². The lowest BCUT2D eigenvalue weighted by Gasteiger charge is -2.26. The van der Waals surface area contributed by atoms with E-state index >= 15 is 0 Å². The molecule has 1 aromatic rings. The van der Waals surface area contributed by atoms with E-state index in [0.717, 1.165) is 6.07 Å². The summed E-state index contributed by atoms with van der Waals surface area (Å²) in [4.78, 5) is 12.5. The highest BCUT2D eigenvalue weighted by atomic mass is 35.5. The maximum Gasteiger partial charge on any atom is 0.406 e. The smallest absolute Gasteiger partial charge is 0.379 e. The van der Waals surface area contributed by atoms with Crippen LogP contribution in [0.2, 0.25) is 0 Å². The van der Waals surface area contributed by atoms with Gasteiger partial charge in [-0.05, 0) is 45.2 Å². The summed E-state index contributed by atoms with van der Waals surface area (Å²) < 4.78 is 69.8. The monoisotopic (exact) mass is 446 g/mol. The van der Waals surface area contributed by atoms with Gasteiger partial charge in [0.05, 0.1) is 11.6 Å².